The number of aryl methyl sites for hydroxylation is 1. The Kier molecular flexibility index (Phi) is 5.58. The van der Waals surface area contributed by atoms with Gasteiger partial charge in [0.15, 0.2) is 0 Å². The van der Waals surface area contributed by atoms with Gasteiger partial charge in [-0.15, -0.1) is 0 Å². The van der Waals surface area contributed by atoms with Crippen LogP contribution in [0.2, 0.25) is 0 Å². The lowest BCUT2D eigenvalue weighted by molar-refractivity contribution is -0.138. The van der Waals surface area contributed by atoms with Gasteiger partial charge in [0.05, 0.1) is 18.6 Å². The van der Waals surface area contributed by atoms with Crippen LogP contribution in [0.3, 0.4) is 0 Å². The van der Waals surface area contributed by atoms with Gasteiger partial charge in [0.1, 0.15) is 5.75 Å². The molecule has 0 heterocycles. The number of aromatic carboxylic acids is 1. The normalized spacial score (nSPS) is 11.8. The van der Waals surface area contributed by atoms with Crippen LogP contribution in [0.25, 0.3) is 0 Å². The van der Waals surface area contributed by atoms with Crippen molar-refractivity contribution in [2.24, 2.45) is 0 Å². The molecule has 5 nitrogen and oxygen atoms in total. The van der Waals surface area contributed by atoms with Crippen molar-refractivity contribution in [2.45, 2.75) is 25.7 Å². The summed E-state index contributed by atoms with van der Waals surface area (Å²) in [5.74, 6) is -2.17. The summed E-state index contributed by atoms with van der Waals surface area (Å²) in [6, 6.07) is 11.8. The predicted molar refractivity (Wildman–Crippen MR) is 89.9 cm³/mol. The van der Waals surface area contributed by atoms with E-state index in [-0.39, 0.29) is 12.0 Å². The van der Waals surface area contributed by atoms with Gasteiger partial charge in [-0.05, 0) is 42.2 Å². The maximum atomic E-state index is 11.8. The molecule has 2 rings (SSSR count). The topological polar surface area (TPSA) is 83.8 Å². The smallest absolute Gasteiger partial charge is 0.335 e. The molecule has 1 atom stereocenters. The molecular formula is C19H20O5. The van der Waals surface area contributed by atoms with Crippen LogP contribution in [0.4, 0.5) is 0 Å². The molecule has 2 N–H and O–H groups in total. The van der Waals surface area contributed by atoms with Gasteiger partial charge in [-0.25, -0.2) is 4.79 Å². The van der Waals surface area contributed by atoms with E-state index in [4.69, 9.17) is 9.84 Å². The molecule has 24 heavy (non-hydrogen) atoms. The minimum Gasteiger partial charge on any atom is -0.496 e. The van der Waals surface area contributed by atoms with Gasteiger partial charge in [0.25, 0.3) is 0 Å². The number of carboxylic acids is 2. The van der Waals surface area contributed by atoms with Crippen LogP contribution in [-0.2, 0) is 17.6 Å². The Bertz CT molecular complexity index is 734. The van der Waals surface area contributed by atoms with Gasteiger partial charge < -0.3 is 14.9 Å². The molecule has 1 unspecified atom stereocenters. The van der Waals surface area contributed by atoms with Gasteiger partial charge in [-0.2, -0.15) is 0 Å². The number of methoxy groups -OCH3 is 1. The summed E-state index contributed by atoms with van der Waals surface area (Å²) in [4.78, 5) is 22.7. The molecule has 2 aromatic carbocycles. The van der Waals surface area contributed by atoms with E-state index in [1.54, 1.807) is 18.2 Å². The first-order valence-electron chi connectivity index (χ1n) is 7.68. The lowest BCUT2D eigenvalue weighted by Crippen LogP contribution is -2.16. The van der Waals surface area contributed by atoms with E-state index in [0.717, 1.165) is 17.5 Å². The van der Waals surface area contributed by atoms with E-state index in [0.29, 0.717) is 11.3 Å². The number of hydrogen-bond donors (Lipinski definition) is 2. The average Bonchev–Trinajstić information content (AvgIpc) is 2.59. The van der Waals surface area contributed by atoms with Crippen LogP contribution in [-0.4, -0.2) is 29.3 Å². The molecule has 0 amide bonds. The summed E-state index contributed by atoms with van der Waals surface area (Å²) in [5, 5.41) is 18.6. The van der Waals surface area contributed by atoms with Crippen LogP contribution >= 0.6 is 0 Å². The van der Waals surface area contributed by atoms with Gasteiger partial charge in [-0.3, -0.25) is 4.79 Å². The Morgan fingerprint density at radius 1 is 1.04 bits per heavy atom. The molecule has 2 aromatic rings. The van der Waals surface area contributed by atoms with Gasteiger partial charge >= 0.3 is 11.9 Å². The van der Waals surface area contributed by atoms with Crippen molar-refractivity contribution in [3.63, 3.8) is 0 Å². The fraction of sp³-hybridized carbons (Fsp3) is 0.263. The SMILES string of the molecule is CCc1ccc(OC)c(C(Cc2ccc(C(=O)O)cc2)C(=O)O)c1. The summed E-state index contributed by atoms with van der Waals surface area (Å²) in [5.41, 5.74) is 2.61. The van der Waals surface area contributed by atoms with E-state index in [1.807, 2.05) is 19.1 Å². The van der Waals surface area contributed by atoms with Gasteiger partial charge in [0.2, 0.25) is 0 Å². The minimum absolute atomic E-state index is 0.177. The Morgan fingerprint density at radius 3 is 2.17 bits per heavy atom. The van der Waals surface area contributed by atoms with Crippen molar-refractivity contribution in [2.75, 3.05) is 7.11 Å². The van der Waals surface area contributed by atoms with Crippen molar-refractivity contribution in [3.8, 4) is 5.75 Å². The number of rotatable bonds is 7. The second kappa shape index (κ2) is 7.64. The lowest BCUT2D eigenvalue weighted by atomic mass is 9.89. The van der Waals surface area contributed by atoms with Crippen LogP contribution in [0.15, 0.2) is 42.5 Å². The van der Waals surface area contributed by atoms with Crippen molar-refractivity contribution < 1.29 is 24.5 Å². The zero-order valence-corrected chi connectivity index (χ0v) is 13.7. The molecule has 0 saturated carbocycles. The number of aliphatic carboxylic acids is 1. The predicted octanol–water partition coefficient (Wildman–Crippen LogP) is 3.37. The molecule has 126 valence electrons. The zero-order chi connectivity index (χ0) is 17.7. The maximum Gasteiger partial charge on any atom is 0.335 e. The third kappa shape index (κ3) is 3.93. The van der Waals surface area contributed by atoms with Crippen LogP contribution < -0.4 is 4.74 Å². The Balaban J connectivity index is 2.36. The average molecular weight is 328 g/mol. The van der Waals surface area contributed by atoms with Crippen LogP contribution in [0.1, 0.15) is 39.9 Å². The van der Waals surface area contributed by atoms with E-state index in [2.05, 4.69) is 0 Å². The Morgan fingerprint density at radius 2 is 1.67 bits per heavy atom. The van der Waals surface area contributed by atoms with Gasteiger partial charge in [-0.1, -0.05) is 31.2 Å². The number of hydrogen-bond acceptors (Lipinski definition) is 3. The molecular weight excluding hydrogens is 308 g/mol. The van der Waals surface area contributed by atoms with Crippen molar-refractivity contribution in [3.05, 3.63) is 64.7 Å². The third-order valence-electron chi connectivity index (χ3n) is 4.02. The summed E-state index contributed by atoms with van der Waals surface area (Å²) in [6.45, 7) is 2.01. The Labute approximate surface area is 140 Å². The molecule has 0 saturated heterocycles. The van der Waals surface area contributed by atoms with E-state index in [1.165, 1.54) is 19.2 Å². The number of benzene rings is 2. The molecule has 0 aliphatic rings. The first-order valence-corrected chi connectivity index (χ1v) is 7.68. The molecule has 0 bridgehead atoms. The molecule has 0 radical (unpaired) electrons. The van der Waals surface area contributed by atoms with Crippen LogP contribution in [0, 0.1) is 0 Å². The van der Waals surface area contributed by atoms with Crippen molar-refractivity contribution in [1.29, 1.82) is 0 Å². The number of ether oxygens (including phenoxy) is 1. The quantitative estimate of drug-likeness (QED) is 0.814. The molecule has 0 aliphatic heterocycles. The summed E-state index contributed by atoms with van der Waals surface area (Å²) in [7, 11) is 1.52. The van der Waals surface area contributed by atoms with E-state index < -0.39 is 17.9 Å². The molecule has 0 aliphatic carbocycles. The zero-order valence-electron chi connectivity index (χ0n) is 13.7. The summed E-state index contributed by atoms with van der Waals surface area (Å²) < 4.78 is 5.32. The third-order valence-corrected chi connectivity index (χ3v) is 4.02. The summed E-state index contributed by atoms with van der Waals surface area (Å²) in [6.07, 6.45) is 1.06. The monoisotopic (exact) mass is 328 g/mol. The highest BCUT2D eigenvalue weighted by Crippen LogP contribution is 2.31. The number of carboxylic acid groups (broad SMARTS) is 2. The fourth-order valence-corrected chi connectivity index (χ4v) is 2.63. The first-order chi connectivity index (χ1) is 11.5. The Hall–Kier alpha value is -2.82. The van der Waals surface area contributed by atoms with E-state index >= 15 is 0 Å². The number of carbonyl (C=O) groups is 2. The standard InChI is InChI=1S/C19H20O5/c1-3-12-6-9-17(24-2)15(10-12)16(19(22)23)11-13-4-7-14(8-5-13)18(20)21/h4-10,16H,3,11H2,1-2H3,(H,20,21)(H,22,23). The first kappa shape index (κ1) is 17.5. The van der Waals surface area contributed by atoms with Crippen LogP contribution in [0.5, 0.6) is 5.75 Å². The second-order valence-corrected chi connectivity index (χ2v) is 5.53. The minimum atomic E-state index is -1.01. The molecule has 0 aromatic heterocycles. The highest BCUT2D eigenvalue weighted by Gasteiger charge is 2.24. The largest absolute Gasteiger partial charge is 0.496 e. The summed E-state index contributed by atoms with van der Waals surface area (Å²) >= 11 is 0. The highest BCUT2D eigenvalue weighted by molar-refractivity contribution is 5.87. The second-order valence-electron chi connectivity index (χ2n) is 5.53. The molecule has 0 spiro atoms. The lowest BCUT2D eigenvalue weighted by Gasteiger charge is -2.17. The van der Waals surface area contributed by atoms with Crippen molar-refractivity contribution in [1.82, 2.24) is 0 Å². The van der Waals surface area contributed by atoms with Gasteiger partial charge in [0, 0.05) is 5.56 Å². The van der Waals surface area contributed by atoms with E-state index in [9.17, 15) is 14.7 Å². The van der Waals surface area contributed by atoms with Crippen molar-refractivity contribution >= 4 is 11.9 Å². The molecule has 5 heteroatoms. The maximum absolute atomic E-state index is 11.8. The highest BCUT2D eigenvalue weighted by atomic mass is 16.5. The fourth-order valence-electron chi connectivity index (χ4n) is 2.63. The molecule has 0 fully saturated rings.